The predicted molar refractivity (Wildman–Crippen MR) is 125 cm³/mol. The number of nitrogens with one attached hydrogen (secondary N) is 1. The van der Waals surface area contributed by atoms with Crippen LogP contribution in [0.15, 0.2) is 35.5 Å². The minimum Gasteiger partial charge on any atom is -0.483 e. The average molecular weight is 468 g/mol. The van der Waals surface area contributed by atoms with E-state index < -0.39 is 0 Å². The van der Waals surface area contributed by atoms with Crippen LogP contribution in [0, 0.1) is 0 Å². The molecule has 3 aromatic heterocycles. The van der Waals surface area contributed by atoms with Crippen molar-refractivity contribution >= 4 is 16.9 Å². The molecule has 34 heavy (non-hydrogen) atoms. The van der Waals surface area contributed by atoms with Crippen molar-refractivity contribution < 1.29 is 14.3 Å². The van der Waals surface area contributed by atoms with Gasteiger partial charge in [-0.1, -0.05) is 0 Å². The summed E-state index contributed by atoms with van der Waals surface area (Å²) in [5, 5.41) is 3.51. The molecule has 1 N–H and O–H groups in total. The first kappa shape index (κ1) is 23.7. The molecule has 0 bridgehead atoms. The van der Waals surface area contributed by atoms with Crippen LogP contribution in [-0.4, -0.2) is 74.6 Å². The largest absolute Gasteiger partial charge is 0.483 e. The number of methoxy groups -OCH3 is 1. The first-order chi connectivity index (χ1) is 16.5. The molecule has 0 aromatic carbocycles. The van der Waals surface area contributed by atoms with E-state index in [1.165, 1.54) is 13.1 Å². The summed E-state index contributed by atoms with van der Waals surface area (Å²) in [5.74, 6) is 1.59. The smallest absolute Gasteiger partial charge is 0.270 e. The molecule has 3 aromatic rings. The summed E-state index contributed by atoms with van der Waals surface area (Å²) in [7, 11) is 1.55. The number of likely N-dealkylation sites (tertiary alicyclic amines) is 1. The fourth-order valence-electron chi connectivity index (χ4n) is 3.88. The van der Waals surface area contributed by atoms with Crippen molar-refractivity contribution in [1.29, 1.82) is 0 Å². The number of carbonyl (C=O) groups excluding carboxylic acids is 1. The van der Waals surface area contributed by atoms with Gasteiger partial charge in [0.15, 0.2) is 17.2 Å². The lowest BCUT2D eigenvalue weighted by molar-refractivity contribution is -0.118. The summed E-state index contributed by atoms with van der Waals surface area (Å²) in [6.45, 7) is 5.24. The lowest BCUT2D eigenvalue weighted by atomic mass is 10.1. The van der Waals surface area contributed by atoms with Gasteiger partial charge < -0.3 is 19.7 Å². The molecule has 0 atom stereocenters. The Morgan fingerprint density at radius 2 is 1.88 bits per heavy atom. The number of piperidine rings is 1. The van der Waals surface area contributed by atoms with Crippen molar-refractivity contribution in [2.45, 2.75) is 38.9 Å². The number of carbonyl (C=O) groups is 1. The number of fused-ring (bicyclic) bond motifs is 1. The number of rotatable bonds is 10. The van der Waals surface area contributed by atoms with Crippen molar-refractivity contribution in [2.24, 2.45) is 0 Å². The zero-order valence-electron chi connectivity index (χ0n) is 19.4. The van der Waals surface area contributed by atoms with E-state index in [1.54, 1.807) is 30.1 Å². The molecular formula is C23H29N7O4. The molecule has 180 valence electrons. The monoisotopic (exact) mass is 467 g/mol. The molecule has 0 aliphatic carbocycles. The standard InChI is InChI=1S/C23H29N7O4/c1-16(31)15-34-18-11-26-20(27-12-18)13-24-17-5-7-29(8-6-17)9-10-30-22(32)14-25-19-3-4-21(33-2)28-23(19)30/h3-4,11-12,14,17,24H,5-10,13,15H2,1-2H3. The molecule has 1 fully saturated rings. The molecule has 0 spiro atoms. The number of nitrogens with zero attached hydrogens (tertiary/aromatic N) is 6. The number of ketones is 1. The van der Waals surface area contributed by atoms with Gasteiger partial charge in [-0.3, -0.25) is 14.2 Å². The van der Waals surface area contributed by atoms with Gasteiger partial charge in [0.1, 0.15) is 17.9 Å². The molecule has 0 unspecified atom stereocenters. The molecule has 0 amide bonds. The van der Waals surface area contributed by atoms with Gasteiger partial charge in [-0.05, 0) is 38.9 Å². The van der Waals surface area contributed by atoms with Gasteiger partial charge in [-0.25, -0.2) is 15.0 Å². The molecular weight excluding hydrogens is 438 g/mol. The van der Waals surface area contributed by atoms with Crippen molar-refractivity contribution in [2.75, 3.05) is 33.4 Å². The van der Waals surface area contributed by atoms with Crippen molar-refractivity contribution in [1.82, 2.24) is 34.7 Å². The second-order valence-electron chi connectivity index (χ2n) is 8.27. The number of pyridine rings is 1. The maximum absolute atomic E-state index is 12.4. The van der Waals surface area contributed by atoms with Crippen LogP contribution in [0.5, 0.6) is 11.6 Å². The summed E-state index contributed by atoms with van der Waals surface area (Å²) in [5.41, 5.74) is 1.05. The minimum atomic E-state index is -0.164. The van der Waals surface area contributed by atoms with Gasteiger partial charge >= 0.3 is 0 Å². The fraction of sp³-hybridized carbons (Fsp3) is 0.478. The molecule has 4 heterocycles. The first-order valence-corrected chi connectivity index (χ1v) is 11.3. The van der Waals surface area contributed by atoms with Crippen molar-refractivity contribution in [3.8, 4) is 11.6 Å². The second-order valence-corrected chi connectivity index (χ2v) is 8.27. The van der Waals surface area contributed by atoms with E-state index in [9.17, 15) is 9.59 Å². The lowest BCUT2D eigenvalue weighted by Gasteiger charge is -2.32. The summed E-state index contributed by atoms with van der Waals surface area (Å²) >= 11 is 0. The highest BCUT2D eigenvalue weighted by Crippen LogP contribution is 2.15. The van der Waals surface area contributed by atoms with E-state index in [4.69, 9.17) is 9.47 Å². The van der Waals surface area contributed by atoms with Crippen LogP contribution in [0.1, 0.15) is 25.6 Å². The number of hydrogen-bond acceptors (Lipinski definition) is 10. The van der Waals surface area contributed by atoms with E-state index in [2.05, 4.69) is 30.2 Å². The van der Waals surface area contributed by atoms with Gasteiger partial charge in [0.2, 0.25) is 5.88 Å². The lowest BCUT2D eigenvalue weighted by Crippen LogP contribution is -2.43. The van der Waals surface area contributed by atoms with Gasteiger partial charge in [-0.2, -0.15) is 4.98 Å². The Balaban J connectivity index is 1.24. The summed E-state index contributed by atoms with van der Waals surface area (Å²) in [6.07, 6.45) is 6.52. The topological polar surface area (TPSA) is 124 Å². The second kappa shape index (κ2) is 11.1. The quantitative estimate of drug-likeness (QED) is 0.458. The Kier molecular flexibility index (Phi) is 7.76. The van der Waals surface area contributed by atoms with E-state index >= 15 is 0 Å². The Morgan fingerprint density at radius 3 is 2.59 bits per heavy atom. The maximum atomic E-state index is 12.4. The highest BCUT2D eigenvalue weighted by molar-refractivity contribution is 5.77. The fourth-order valence-corrected chi connectivity index (χ4v) is 3.88. The normalized spacial score (nSPS) is 14.9. The van der Waals surface area contributed by atoms with Crippen LogP contribution >= 0.6 is 0 Å². The Bertz CT molecular complexity index is 1170. The molecule has 1 saturated heterocycles. The molecule has 1 aliphatic rings. The van der Waals surface area contributed by atoms with Crippen molar-refractivity contribution in [3.63, 3.8) is 0 Å². The average Bonchev–Trinajstić information content (AvgIpc) is 2.86. The Hall–Kier alpha value is -3.44. The molecule has 0 saturated carbocycles. The number of aromatic nitrogens is 5. The predicted octanol–water partition coefficient (Wildman–Crippen LogP) is 0.812. The van der Waals surface area contributed by atoms with Gasteiger partial charge in [0.25, 0.3) is 5.56 Å². The number of ether oxygens (including phenoxy) is 2. The zero-order chi connectivity index (χ0) is 23.9. The zero-order valence-corrected chi connectivity index (χ0v) is 19.4. The molecule has 0 radical (unpaired) electrons. The van der Waals surface area contributed by atoms with Crippen LogP contribution in [0.2, 0.25) is 0 Å². The first-order valence-electron chi connectivity index (χ1n) is 11.3. The van der Waals surface area contributed by atoms with Gasteiger partial charge in [-0.15, -0.1) is 0 Å². The molecule has 1 aliphatic heterocycles. The van der Waals surface area contributed by atoms with Crippen LogP contribution < -0.4 is 20.3 Å². The Morgan fingerprint density at radius 1 is 1.12 bits per heavy atom. The Labute approximate surface area is 197 Å². The van der Waals surface area contributed by atoms with Crippen LogP contribution in [-0.2, 0) is 17.9 Å². The van der Waals surface area contributed by atoms with Crippen LogP contribution in [0.4, 0.5) is 0 Å². The summed E-state index contributed by atoms with van der Waals surface area (Å²) in [4.78, 5) is 43.0. The van der Waals surface area contributed by atoms with Crippen LogP contribution in [0.3, 0.4) is 0 Å². The van der Waals surface area contributed by atoms with E-state index in [1.807, 2.05) is 6.07 Å². The van der Waals surface area contributed by atoms with Gasteiger partial charge in [0, 0.05) is 25.2 Å². The third-order valence-corrected chi connectivity index (χ3v) is 5.77. The number of hydrogen-bond donors (Lipinski definition) is 1. The third kappa shape index (κ3) is 6.12. The maximum Gasteiger partial charge on any atom is 0.270 e. The number of Topliss-reactive ketones (excluding diaryl/α,β-unsaturated/α-hetero) is 1. The van der Waals surface area contributed by atoms with Gasteiger partial charge in [0.05, 0.1) is 32.2 Å². The van der Waals surface area contributed by atoms with E-state index in [-0.39, 0.29) is 17.9 Å². The highest BCUT2D eigenvalue weighted by Gasteiger charge is 2.19. The summed E-state index contributed by atoms with van der Waals surface area (Å²) in [6, 6.07) is 3.93. The SMILES string of the molecule is COc1ccc2ncc(=O)n(CCN3CCC(NCc4ncc(OCC(C)=O)cn4)CC3)c2n1. The van der Waals surface area contributed by atoms with Crippen molar-refractivity contribution in [3.05, 3.63) is 46.9 Å². The van der Waals surface area contributed by atoms with E-state index in [0.717, 1.165) is 32.5 Å². The molecule has 11 heteroatoms. The highest BCUT2D eigenvalue weighted by atomic mass is 16.5. The van der Waals surface area contributed by atoms with Crippen LogP contribution in [0.25, 0.3) is 11.2 Å². The molecule has 4 rings (SSSR count). The van der Waals surface area contributed by atoms with E-state index in [0.29, 0.717) is 47.7 Å². The molecule has 11 nitrogen and oxygen atoms in total. The third-order valence-electron chi connectivity index (χ3n) is 5.77. The summed E-state index contributed by atoms with van der Waals surface area (Å²) < 4.78 is 12.2. The minimum absolute atomic E-state index is 0.0241.